The highest BCUT2D eigenvalue weighted by Crippen LogP contribution is 2.35. The van der Waals surface area contributed by atoms with E-state index in [-0.39, 0.29) is 5.91 Å². The lowest BCUT2D eigenvalue weighted by atomic mass is 9.88. The normalized spacial score (nSPS) is 19.1. The third-order valence-corrected chi connectivity index (χ3v) is 7.26. The van der Waals surface area contributed by atoms with Crippen LogP contribution in [0, 0.1) is 6.92 Å². The van der Waals surface area contributed by atoms with E-state index in [4.69, 9.17) is 4.52 Å². The Morgan fingerprint density at radius 2 is 1.90 bits per heavy atom. The molecule has 8 nitrogen and oxygen atoms in total. The van der Waals surface area contributed by atoms with E-state index in [1.54, 1.807) is 19.1 Å². The Balaban J connectivity index is 1.63. The fourth-order valence-corrected chi connectivity index (χ4v) is 5.56. The van der Waals surface area contributed by atoms with Gasteiger partial charge >= 0.3 is 0 Å². The molecule has 1 N–H and O–H groups in total. The number of nitrogens with zero attached hydrogens (tertiary/aromatic N) is 3. The summed E-state index contributed by atoms with van der Waals surface area (Å²) >= 11 is 0. The second-order valence-electron chi connectivity index (χ2n) is 8.37. The van der Waals surface area contributed by atoms with Gasteiger partial charge in [0.1, 0.15) is 5.54 Å². The van der Waals surface area contributed by atoms with E-state index in [0.29, 0.717) is 29.5 Å². The number of carbonyl (C=O) groups is 1. The molecule has 1 aliphatic carbocycles. The second-order valence-corrected chi connectivity index (χ2v) is 10.3. The zero-order valence-electron chi connectivity index (χ0n) is 17.5. The first kappa shape index (κ1) is 20.8. The van der Waals surface area contributed by atoms with Crippen molar-refractivity contribution in [3.8, 4) is 0 Å². The van der Waals surface area contributed by atoms with E-state index in [1.165, 1.54) is 10.6 Å². The number of benzene rings is 1. The van der Waals surface area contributed by atoms with Crippen LogP contribution in [0.1, 0.15) is 72.6 Å². The lowest BCUT2D eigenvalue weighted by Gasteiger charge is -2.32. The third kappa shape index (κ3) is 4.08. The Hall–Kier alpha value is -2.42. The number of nitrogens with one attached hydrogen (secondary N) is 1. The highest BCUT2D eigenvalue weighted by molar-refractivity contribution is 7.92. The van der Waals surface area contributed by atoms with E-state index in [2.05, 4.69) is 15.5 Å². The van der Waals surface area contributed by atoms with Crippen LogP contribution in [-0.4, -0.2) is 37.3 Å². The zero-order chi connectivity index (χ0) is 21.4. The van der Waals surface area contributed by atoms with Crippen LogP contribution in [-0.2, 0) is 22.0 Å². The SMILES string of the molecule is Cc1nc(C2(NC(=O)c3ccc4c(c3)CCCN4S(C)(=O)=O)CCCCCC2)no1. The first-order valence-electron chi connectivity index (χ1n) is 10.5. The summed E-state index contributed by atoms with van der Waals surface area (Å²) in [6.07, 6.45) is 8.45. The average Bonchev–Trinajstić information content (AvgIpc) is 3.01. The van der Waals surface area contributed by atoms with Gasteiger partial charge in [-0.25, -0.2) is 8.42 Å². The number of aryl methyl sites for hydroxylation is 2. The molecule has 0 atom stereocenters. The zero-order valence-corrected chi connectivity index (χ0v) is 18.3. The van der Waals surface area contributed by atoms with Gasteiger partial charge in [-0.15, -0.1) is 0 Å². The summed E-state index contributed by atoms with van der Waals surface area (Å²) in [4.78, 5) is 17.7. The maximum absolute atomic E-state index is 13.2. The van der Waals surface area contributed by atoms with Gasteiger partial charge in [0.15, 0.2) is 5.82 Å². The molecule has 0 bridgehead atoms. The molecule has 1 saturated carbocycles. The van der Waals surface area contributed by atoms with Crippen LogP contribution in [0.25, 0.3) is 0 Å². The highest BCUT2D eigenvalue weighted by atomic mass is 32.2. The fourth-order valence-electron chi connectivity index (χ4n) is 4.57. The van der Waals surface area contributed by atoms with Crippen molar-refractivity contribution in [2.45, 2.75) is 63.8 Å². The van der Waals surface area contributed by atoms with Crippen LogP contribution in [0.5, 0.6) is 0 Å². The summed E-state index contributed by atoms with van der Waals surface area (Å²) in [5, 5.41) is 7.34. The maximum atomic E-state index is 13.2. The fraction of sp³-hybridized carbons (Fsp3) is 0.571. The van der Waals surface area contributed by atoms with Crippen LogP contribution in [0.4, 0.5) is 5.69 Å². The van der Waals surface area contributed by atoms with E-state index >= 15 is 0 Å². The molecule has 4 rings (SSSR count). The van der Waals surface area contributed by atoms with Gasteiger partial charge in [0.2, 0.25) is 15.9 Å². The van der Waals surface area contributed by atoms with Crippen LogP contribution in [0.15, 0.2) is 22.7 Å². The molecule has 30 heavy (non-hydrogen) atoms. The van der Waals surface area contributed by atoms with E-state index in [9.17, 15) is 13.2 Å². The number of rotatable bonds is 4. The molecular formula is C21H28N4O4S. The quantitative estimate of drug-likeness (QED) is 0.745. The Kier molecular flexibility index (Phi) is 5.57. The maximum Gasteiger partial charge on any atom is 0.252 e. The van der Waals surface area contributed by atoms with Crippen LogP contribution in [0.2, 0.25) is 0 Å². The molecule has 0 saturated heterocycles. The molecule has 0 radical (unpaired) electrons. The Morgan fingerprint density at radius 3 is 2.53 bits per heavy atom. The molecule has 9 heteroatoms. The highest BCUT2D eigenvalue weighted by Gasteiger charge is 2.39. The van der Waals surface area contributed by atoms with Gasteiger partial charge in [0, 0.05) is 19.0 Å². The van der Waals surface area contributed by atoms with Gasteiger partial charge < -0.3 is 9.84 Å². The van der Waals surface area contributed by atoms with Crippen LogP contribution < -0.4 is 9.62 Å². The summed E-state index contributed by atoms with van der Waals surface area (Å²) in [7, 11) is -3.34. The number of fused-ring (bicyclic) bond motifs is 1. The molecule has 0 unspecified atom stereocenters. The summed E-state index contributed by atoms with van der Waals surface area (Å²) in [6.45, 7) is 2.22. The number of sulfonamides is 1. The number of amides is 1. The summed E-state index contributed by atoms with van der Waals surface area (Å²) < 4.78 is 30.8. The van der Waals surface area contributed by atoms with Gasteiger partial charge in [-0.1, -0.05) is 30.8 Å². The first-order valence-corrected chi connectivity index (χ1v) is 12.4. The van der Waals surface area contributed by atoms with Crippen molar-refractivity contribution >= 4 is 21.6 Å². The van der Waals surface area contributed by atoms with E-state index in [1.807, 2.05) is 6.07 Å². The molecule has 1 aliphatic heterocycles. The lowest BCUT2D eigenvalue weighted by Crippen LogP contribution is -2.46. The number of hydrogen-bond acceptors (Lipinski definition) is 6. The number of anilines is 1. The molecule has 1 fully saturated rings. The van der Waals surface area contributed by atoms with Crippen molar-refractivity contribution in [1.82, 2.24) is 15.5 Å². The minimum Gasteiger partial charge on any atom is -0.340 e. The van der Waals surface area contributed by atoms with Gasteiger partial charge in [-0.2, -0.15) is 4.98 Å². The largest absolute Gasteiger partial charge is 0.340 e. The standard InChI is InChI=1S/C21H28N4O4S/c1-15-22-20(24-29-15)21(11-5-3-4-6-12-21)23-19(26)17-9-10-18-16(14-17)8-7-13-25(18)30(2,27)28/h9-10,14H,3-8,11-13H2,1-2H3,(H,23,26). The van der Waals surface area contributed by atoms with Crippen LogP contribution in [0.3, 0.4) is 0 Å². The topological polar surface area (TPSA) is 105 Å². The summed E-state index contributed by atoms with van der Waals surface area (Å²) in [6, 6.07) is 5.25. The predicted octanol–water partition coefficient (Wildman–Crippen LogP) is 3.07. The summed E-state index contributed by atoms with van der Waals surface area (Å²) in [5.74, 6) is 0.826. The van der Waals surface area contributed by atoms with Gasteiger partial charge in [-0.05, 0) is 49.4 Å². The van der Waals surface area contributed by atoms with Crippen molar-refractivity contribution in [2.24, 2.45) is 0 Å². The third-order valence-electron chi connectivity index (χ3n) is 6.08. The number of aromatic nitrogens is 2. The van der Waals surface area contributed by atoms with E-state index in [0.717, 1.165) is 56.9 Å². The summed E-state index contributed by atoms with van der Waals surface area (Å²) in [5.41, 5.74) is 1.43. The number of hydrogen-bond donors (Lipinski definition) is 1. The first-order chi connectivity index (χ1) is 14.3. The number of carbonyl (C=O) groups excluding carboxylic acids is 1. The van der Waals surface area contributed by atoms with Crippen molar-refractivity contribution < 1.29 is 17.7 Å². The molecule has 0 spiro atoms. The molecule has 162 valence electrons. The minimum atomic E-state index is -3.34. The molecule has 2 aromatic rings. The van der Waals surface area contributed by atoms with Crippen molar-refractivity contribution in [1.29, 1.82) is 0 Å². The van der Waals surface area contributed by atoms with E-state index < -0.39 is 15.6 Å². The van der Waals surface area contributed by atoms with Gasteiger partial charge in [0.25, 0.3) is 5.91 Å². The van der Waals surface area contributed by atoms with Crippen LogP contribution >= 0.6 is 0 Å². The molecule has 1 aromatic carbocycles. The van der Waals surface area contributed by atoms with Gasteiger partial charge in [-0.3, -0.25) is 9.10 Å². The Bertz CT molecular complexity index is 1040. The van der Waals surface area contributed by atoms with Crippen molar-refractivity contribution in [3.05, 3.63) is 41.0 Å². The molecule has 1 amide bonds. The monoisotopic (exact) mass is 432 g/mol. The smallest absolute Gasteiger partial charge is 0.252 e. The average molecular weight is 433 g/mol. The molecular weight excluding hydrogens is 404 g/mol. The predicted molar refractivity (Wildman–Crippen MR) is 113 cm³/mol. The van der Waals surface area contributed by atoms with Gasteiger partial charge in [0.05, 0.1) is 11.9 Å². The molecule has 1 aromatic heterocycles. The Labute approximate surface area is 177 Å². The Morgan fingerprint density at radius 1 is 1.17 bits per heavy atom. The lowest BCUT2D eigenvalue weighted by molar-refractivity contribution is 0.0876. The van der Waals surface area contributed by atoms with Crippen molar-refractivity contribution in [2.75, 3.05) is 17.1 Å². The van der Waals surface area contributed by atoms with Crippen molar-refractivity contribution in [3.63, 3.8) is 0 Å². The molecule has 2 heterocycles. The minimum absolute atomic E-state index is 0.196. The molecule has 2 aliphatic rings. The second kappa shape index (κ2) is 8.02.